The van der Waals surface area contributed by atoms with Crippen LogP contribution in [0.3, 0.4) is 0 Å². The van der Waals surface area contributed by atoms with E-state index in [0.717, 1.165) is 31.2 Å². The molecule has 1 aliphatic heterocycles. The van der Waals surface area contributed by atoms with Gasteiger partial charge in [-0.25, -0.2) is 4.39 Å². The molecule has 0 bridgehead atoms. The zero-order chi connectivity index (χ0) is 20.5. The molecule has 4 rings (SSSR count). The quantitative estimate of drug-likeness (QED) is 0.607. The third-order valence-corrected chi connectivity index (χ3v) is 5.71. The van der Waals surface area contributed by atoms with Gasteiger partial charge >= 0.3 is 0 Å². The van der Waals surface area contributed by atoms with Crippen LogP contribution in [0.2, 0.25) is 5.02 Å². The molecule has 1 aromatic carbocycles. The van der Waals surface area contributed by atoms with E-state index in [-0.39, 0.29) is 33.8 Å². The van der Waals surface area contributed by atoms with Crippen LogP contribution in [0, 0.1) is 12.7 Å². The van der Waals surface area contributed by atoms with Gasteiger partial charge < -0.3 is 9.42 Å². The number of hydrogen-bond donors (Lipinski definition) is 0. The minimum atomic E-state index is -0.542. The van der Waals surface area contributed by atoms with Crippen LogP contribution < -0.4 is 0 Å². The molecule has 2 aromatic heterocycles. The summed E-state index contributed by atoms with van der Waals surface area (Å²) in [6, 6.07) is 4.28. The van der Waals surface area contributed by atoms with Crippen molar-refractivity contribution in [1.29, 1.82) is 0 Å². The molecular formula is C21H22ClFN4O2. The van der Waals surface area contributed by atoms with Gasteiger partial charge in [-0.1, -0.05) is 35.7 Å². The molecule has 6 nitrogen and oxygen atoms in total. The molecular weight excluding hydrogens is 395 g/mol. The number of rotatable bonds is 3. The summed E-state index contributed by atoms with van der Waals surface area (Å²) < 4.78 is 21.6. The van der Waals surface area contributed by atoms with Gasteiger partial charge in [0.15, 0.2) is 0 Å². The van der Waals surface area contributed by atoms with Crippen LogP contribution in [0.5, 0.6) is 0 Å². The van der Waals surface area contributed by atoms with Gasteiger partial charge in [0.1, 0.15) is 22.8 Å². The first-order valence-corrected chi connectivity index (χ1v) is 10.1. The Balaban J connectivity index is 1.78. The van der Waals surface area contributed by atoms with Crippen molar-refractivity contribution in [2.24, 2.45) is 7.05 Å². The van der Waals surface area contributed by atoms with Crippen molar-refractivity contribution in [3.05, 3.63) is 58.3 Å². The van der Waals surface area contributed by atoms with Gasteiger partial charge in [-0.3, -0.25) is 9.48 Å². The van der Waals surface area contributed by atoms with E-state index in [2.05, 4.69) is 10.3 Å². The van der Waals surface area contributed by atoms with Gasteiger partial charge in [0.05, 0.1) is 22.8 Å². The highest BCUT2D eigenvalue weighted by Gasteiger charge is 2.33. The number of aromatic nitrogens is 3. The fraction of sp³-hybridized carbons (Fsp3) is 0.381. The van der Waals surface area contributed by atoms with Crippen LogP contribution in [0.25, 0.3) is 11.3 Å². The van der Waals surface area contributed by atoms with Crippen molar-refractivity contribution in [2.75, 3.05) is 6.54 Å². The lowest BCUT2D eigenvalue weighted by Crippen LogP contribution is -2.35. The Hall–Kier alpha value is -2.67. The Morgan fingerprint density at radius 1 is 1.31 bits per heavy atom. The van der Waals surface area contributed by atoms with Crippen molar-refractivity contribution >= 4 is 17.5 Å². The number of carbonyl (C=O) groups is 1. The maximum absolute atomic E-state index is 14.5. The monoisotopic (exact) mass is 416 g/mol. The number of halogens is 2. The topological polar surface area (TPSA) is 64.2 Å². The van der Waals surface area contributed by atoms with E-state index in [9.17, 15) is 9.18 Å². The second-order valence-corrected chi connectivity index (χ2v) is 7.78. The number of carbonyl (C=O) groups excluding carboxylic acids is 1. The molecule has 152 valence electrons. The van der Waals surface area contributed by atoms with Crippen molar-refractivity contribution < 1.29 is 13.7 Å². The van der Waals surface area contributed by atoms with E-state index in [1.807, 2.05) is 18.1 Å². The SMILES string of the molecule is Cc1onc(-c2c(F)cccc2Cl)c1C(=O)N1CCCCCC1c1cnn(C)c1. The van der Waals surface area contributed by atoms with Gasteiger partial charge in [0.25, 0.3) is 5.91 Å². The fourth-order valence-electron chi connectivity index (χ4n) is 3.97. The van der Waals surface area contributed by atoms with Crippen molar-refractivity contribution in [1.82, 2.24) is 19.8 Å². The van der Waals surface area contributed by atoms with E-state index in [1.165, 1.54) is 12.1 Å². The van der Waals surface area contributed by atoms with Crippen LogP contribution in [-0.2, 0) is 7.05 Å². The molecule has 3 heterocycles. The predicted molar refractivity (Wildman–Crippen MR) is 107 cm³/mol. The molecule has 1 saturated heterocycles. The molecule has 8 heteroatoms. The second-order valence-electron chi connectivity index (χ2n) is 7.37. The highest BCUT2D eigenvalue weighted by Crippen LogP contribution is 2.37. The van der Waals surface area contributed by atoms with Crippen LogP contribution in [0.1, 0.15) is 53.4 Å². The fourth-order valence-corrected chi connectivity index (χ4v) is 4.23. The Labute approximate surface area is 173 Å². The Morgan fingerprint density at radius 2 is 2.14 bits per heavy atom. The lowest BCUT2D eigenvalue weighted by atomic mass is 10.0. The van der Waals surface area contributed by atoms with Crippen molar-refractivity contribution in [3.8, 4) is 11.3 Å². The van der Waals surface area contributed by atoms with E-state index >= 15 is 0 Å². The number of nitrogens with zero attached hydrogens (tertiary/aromatic N) is 4. The lowest BCUT2D eigenvalue weighted by molar-refractivity contribution is 0.0679. The summed E-state index contributed by atoms with van der Waals surface area (Å²) in [5.74, 6) is -0.424. The molecule has 29 heavy (non-hydrogen) atoms. The standard InChI is InChI=1S/C21H22ClFN4O2/c1-13-18(20(25-29-13)19-15(22)7-6-8-16(19)23)21(28)27-10-5-3-4-9-17(27)14-11-24-26(2)12-14/h6-8,11-12,17H,3-5,9-10H2,1-2H3. The summed E-state index contributed by atoms with van der Waals surface area (Å²) >= 11 is 6.23. The largest absolute Gasteiger partial charge is 0.360 e. The summed E-state index contributed by atoms with van der Waals surface area (Å²) in [6.07, 6.45) is 7.56. The second kappa shape index (κ2) is 7.99. The first kappa shape index (κ1) is 19.6. The molecule has 0 spiro atoms. The molecule has 1 amide bonds. The number of hydrogen-bond acceptors (Lipinski definition) is 4. The Bertz CT molecular complexity index is 1020. The predicted octanol–water partition coefficient (Wildman–Crippen LogP) is 4.93. The summed E-state index contributed by atoms with van der Waals surface area (Å²) in [7, 11) is 1.86. The number of benzene rings is 1. The number of amides is 1. The Morgan fingerprint density at radius 3 is 2.86 bits per heavy atom. The molecule has 0 aliphatic carbocycles. The molecule has 1 aliphatic rings. The highest BCUT2D eigenvalue weighted by atomic mass is 35.5. The van der Waals surface area contributed by atoms with Gasteiger partial charge in [-0.05, 0) is 31.9 Å². The van der Waals surface area contributed by atoms with E-state index < -0.39 is 5.82 Å². The number of likely N-dealkylation sites (tertiary alicyclic amines) is 1. The van der Waals surface area contributed by atoms with Crippen LogP contribution in [0.4, 0.5) is 4.39 Å². The average Bonchev–Trinajstić information content (AvgIpc) is 3.18. The molecule has 0 radical (unpaired) electrons. The maximum Gasteiger partial charge on any atom is 0.260 e. The summed E-state index contributed by atoms with van der Waals surface area (Å²) in [6.45, 7) is 2.27. The van der Waals surface area contributed by atoms with E-state index in [4.69, 9.17) is 16.1 Å². The zero-order valence-corrected chi connectivity index (χ0v) is 17.1. The average molecular weight is 417 g/mol. The van der Waals surface area contributed by atoms with Gasteiger partial charge in [0.2, 0.25) is 0 Å². The third-order valence-electron chi connectivity index (χ3n) is 5.40. The molecule has 1 fully saturated rings. The smallest absolute Gasteiger partial charge is 0.260 e. The van der Waals surface area contributed by atoms with E-state index in [1.54, 1.807) is 23.9 Å². The summed E-state index contributed by atoms with van der Waals surface area (Å²) in [4.78, 5) is 15.5. The van der Waals surface area contributed by atoms with Crippen molar-refractivity contribution in [2.45, 2.75) is 38.6 Å². The molecule has 1 atom stereocenters. The van der Waals surface area contributed by atoms with Gasteiger partial charge in [0, 0.05) is 25.4 Å². The van der Waals surface area contributed by atoms with E-state index in [0.29, 0.717) is 12.3 Å². The normalized spacial score (nSPS) is 17.4. The van der Waals surface area contributed by atoms with Crippen LogP contribution in [-0.4, -0.2) is 32.3 Å². The first-order valence-electron chi connectivity index (χ1n) is 9.67. The molecule has 0 saturated carbocycles. The maximum atomic E-state index is 14.5. The molecule has 1 unspecified atom stereocenters. The van der Waals surface area contributed by atoms with Gasteiger partial charge in [-0.2, -0.15) is 5.10 Å². The molecule has 0 N–H and O–H groups in total. The minimum Gasteiger partial charge on any atom is -0.360 e. The van der Waals surface area contributed by atoms with Crippen LogP contribution in [0.15, 0.2) is 35.1 Å². The summed E-state index contributed by atoms with van der Waals surface area (Å²) in [5, 5.41) is 8.44. The zero-order valence-electron chi connectivity index (χ0n) is 16.4. The summed E-state index contributed by atoms with van der Waals surface area (Å²) in [5.41, 5.74) is 1.47. The first-order chi connectivity index (χ1) is 14.0. The minimum absolute atomic E-state index is 0.0853. The van der Waals surface area contributed by atoms with Crippen LogP contribution >= 0.6 is 11.6 Å². The van der Waals surface area contributed by atoms with Crippen molar-refractivity contribution in [3.63, 3.8) is 0 Å². The van der Waals surface area contributed by atoms with Gasteiger partial charge in [-0.15, -0.1) is 0 Å². The highest BCUT2D eigenvalue weighted by molar-refractivity contribution is 6.33. The lowest BCUT2D eigenvalue weighted by Gasteiger charge is -2.29. The third kappa shape index (κ3) is 3.67. The molecule has 3 aromatic rings. The number of aryl methyl sites for hydroxylation is 2. The Kier molecular flexibility index (Phi) is 5.41.